The summed E-state index contributed by atoms with van der Waals surface area (Å²) in [6.07, 6.45) is 3.42. The zero-order valence-electron chi connectivity index (χ0n) is 14.6. The Bertz CT molecular complexity index is 557. The molecule has 7 heteroatoms. The largest absolute Gasteiger partial charge is 0.466 e. The maximum atomic E-state index is 11.8. The number of likely N-dealkylation sites (tertiary alicyclic amines) is 1. The third-order valence-corrected chi connectivity index (χ3v) is 4.16. The number of ether oxygens (including phenoxy) is 1. The number of aliphatic imine (C=N–C) groups is 1. The van der Waals surface area contributed by atoms with Gasteiger partial charge in [0.1, 0.15) is 0 Å². The van der Waals surface area contributed by atoms with Crippen LogP contribution in [0.4, 0.5) is 0 Å². The summed E-state index contributed by atoms with van der Waals surface area (Å²) in [5, 5.41) is 3.36. The minimum atomic E-state index is -0.0702. The van der Waals surface area contributed by atoms with Gasteiger partial charge in [0.15, 0.2) is 5.96 Å². The van der Waals surface area contributed by atoms with Gasteiger partial charge in [-0.2, -0.15) is 0 Å². The number of nitrogens with one attached hydrogen (secondary N) is 1. The number of aryl methyl sites for hydroxylation is 1. The van der Waals surface area contributed by atoms with E-state index in [1.807, 2.05) is 13.0 Å². The number of carbonyl (C=O) groups excluding carboxylic acids is 1. The summed E-state index contributed by atoms with van der Waals surface area (Å²) in [6.45, 7) is 6.62. The van der Waals surface area contributed by atoms with Gasteiger partial charge >= 0.3 is 5.97 Å². The second kappa shape index (κ2) is 10.5. The van der Waals surface area contributed by atoms with Crippen molar-refractivity contribution >= 4 is 35.9 Å². The maximum Gasteiger partial charge on any atom is 0.309 e. The molecule has 2 heterocycles. The van der Waals surface area contributed by atoms with E-state index in [2.05, 4.69) is 33.2 Å². The highest BCUT2D eigenvalue weighted by Gasteiger charge is 2.27. The summed E-state index contributed by atoms with van der Waals surface area (Å²) in [6, 6.07) is 3.99. The molecular weight excluding hydrogens is 419 g/mol. The summed E-state index contributed by atoms with van der Waals surface area (Å²) in [7, 11) is 1.78. The Kier molecular flexibility index (Phi) is 9.02. The summed E-state index contributed by atoms with van der Waals surface area (Å²) >= 11 is 0. The van der Waals surface area contributed by atoms with Crippen LogP contribution < -0.4 is 5.32 Å². The second-order valence-corrected chi connectivity index (χ2v) is 5.68. The highest BCUT2D eigenvalue weighted by molar-refractivity contribution is 14.0. The summed E-state index contributed by atoms with van der Waals surface area (Å²) < 4.78 is 5.11. The number of hydrogen-bond acceptors (Lipinski definition) is 4. The van der Waals surface area contributed by atoms with Gasteiger partial charge in [-0.3, -0.25) is 14.8 Å². The van der Waals surface area contributed by atoms with Crippen molar-refractivity contribution in [2.45, 2.75) is 33.2 Å². The number of rotatable bonds is 4. The first kappa shape index (κ1) is 20.7. The lowest BCUT2D eigenvalue weighted by Crippen LogP contribution is -2.46. The van der Waals surface area contributed by atoms with Crippen LogP contribution in [-0.2, 0) is 16.1 Å². The number of piperidine rings is 1. The smallest absolute Gasteiger partial charge is 0.309 e. The van der Waals surface area contributed by atoms with E-state index in [0.717, 1.165) is 43.1 Å². The Morgan fingerprint density at radius 1 is 1.46 bits per heavy atom. The Morgan fingerprint density at radius 2 is 2.17 bits per heavy atom. The number of esters is 1. The summed E-state index contributed by atoms with van der Waals surface area (Å²) in [5.74, 6) is 0.805. The molecule has 6 nitrogen and oxygen atoms in total. The van der Waals surface area contributed by atoms with E-state index in [0.29, 0.717) is 13.2 Å². The molecule has 1 fully saturated rings. The van der Waals surface area contributed by atoms with Crippen molar-refractivity contribution in [1.29, 1.82) is 0 Å². The molecule has 134 valence electrons. The van der Waals surface area contributed by atoms with Gasteiger partial charge < -0.3 is 15.0 Å². The molecule has 0 unspecified atom stereocenters. The fraction of sp³-hybridized carbons (Fsp3) is 0.588. The number of carbonyl (C=O) groups is 1. The number of aromatic nitrogens is 1. The molecule has 0 spiro atoms. The first-order valence-electron chi connectivity index (χ1n) is 8.18. The van der Waals surface area contributed by atoms with E-state index in [4.69, 9.17) is 4.74 Å². The van der Waals surface area contributed by atoms with Crippen molar-refractivity contribution in [2.24, 2.45) is 10.9 Å². The van der Waals surface area contributed by atoms with Crippen LogP contribution >= 0.6 is 24.0 Å². The highest BCUT2D eigenvalue weighted by atomic mass is 127. The van der Waals surface area contributed by atoms with E-state index in [1.54, 1.807) is 13.2 Å². The molecule has 0 saturated carbocycles. The number of pyridine rings is 1. The Hall–Kier alpha value is -1.38. The van der Waals surface area contributed by atoms with Crippen LogP contribution in [0.2, 0.25) is 0 Å². The third-order valence-electron chi connectivity index (χ3n) is 4.16. The van der Waals surface area contributed by atoms with E-state index >= 15 is 0 Å². The monoisotopic (exact) mass is 446 g/mol. The van der Waals surface area contributed by atoms with Crippen LogP contribution in [-0.4, -0.2) is 48.6 Å². The lowest BCUT2D eigenvalue weighted by Gasteiger charge is -2.33. The quantitative estimate of drug-likeness (QED) is 0.333. The lowest BCUT2D eigenvalue weighted by molar-refractivity contribution is -0.149. The van der Waals surface area contributed by atoms with Gasteiger partial charge in [0, 0.05) is 26.3 Å². The molecule has 24 heavy (non-hydrogen) atoms. The zero-order chi connectivity index (χ0) is 16.7. The lowest BCUT2D eigenvalue weighted by atomic mass is 9.97. The van der Waals surface area contributed by atoms with E-state index in [-0.39, 0.29) is 35.9 Å². The molecule has 1 N–H and O–H groups in total. The first-order valence-corrected chi connectivity index (χ1v) is 8.18. The van der Waals surface area contributed by atoms with Crippen LogP contribution in [0.1, 0.15) is 31.0 Å². The number of halogens is 1. The molecule has 0 radical (unpaired) electrons. The van der Waals surface area contributed by atoms with E-state index in [9.17, 15) is 4.79 Å². The SMILES string of the molecule is CCOC(=O)C1CCN(C(=NC)NCc2ncccc2C)CC1.I. The van der Waals surface area contributed by atoms with Gasteiger partial charge in [0.05, 0.1) is 24.8 Å². The molecule has 1 saturated heterocycles. The van der Waals surface area contributed by atoms with Crippen LogP contribution in [0.15, 0.2) is 23.3 Å². The average Bonchev–Trinajstić information content (AvgIpc) is 2.57. The summed E-state index contributed by atoms with van der Waals surface area (Å²) in [4.78, 5) is 22.7. The molecule has 1 aliphatic rings. The number of hydrogen-bond donors (Lipinski definition) is 1. The predicted molar refractivity (Wildman–Crippen MR) is 106 cm³/mol. The normalized spacial score (nSPS) is 15.6. The number of guanidine groups is 1. The van der Waals surface area contributed by atoms with E-state index in [1.165, 1.54) is 0 Å². The Balaban J connectivity index is 0.00000288. The van der Waals surface area contributed by atoms with Crippen molar-refractivity contribution in [3.8, 4) is 0 Å². The van der Waals surface area contributed by atoms with Gasteiger partial charge in [-0.1, -0.05) is 6.07 Å². The van der Waals surface area contributed by atoms with Crippen LogP contribution in [0.25, 0.3) is 0 Å². The van der Waals surface area contributed by atoms with Gasteiger partial charge in [-0.05, 0) is 38.3 Å². The van der Waals surface area contributed by atoms with Gasteiger partial charge in [0.2, 0.25) is 0 Å². The average molecular weight is 446 g/mol. The molecule has 0 aliphatic carbocycles. The number of nitrogens with zero attached hydrogens (tertiary/aromatic N) is 3. The second-order valence-electron chi connectivity index (χ2n) is 5.68. The topological polar surface area (TPSA) is 66.8 Å². The fourth-order valence-electron chi connectivity index (χ4n) is 2.79. The molecule has 2 rings (SSSR count). The van der Waals surface area contributed by atoms with E-state index < -0.39 is 0 Å². The summed E-state index contributed by atoms with van der Waals surface area (Å²) in [5.41, 5.74) is 2.19. The van der Waals surface area contributed by atoms with Crippen LogP contribution in [0, 0.1) is 12.8 Å². The predicted octanol–water partition coefficient (Wildman–Crippen LogP) is 2.36. The van der Waals surface area contributed by atoms with Crippen molar-refractivity contribution < 1.29 is 9.53 Å². The van der Waals surface area contributed by atoms with Crippen molar-refractivity contribution in [2.75, 3.05) is 26.7 Å². The fourth-order valence-corrected chi connectivity index (χ4v) is 2.79. The van der Waals surface area contributed by atoms with Gasteiger partial charge in [-0.15, -0.1) is 24.0 Å². The molecule has 0 atom stereocenters. The highest BCUT2D eigenvalue weighted by Crippen LogP contribution is 2.18. The zero-order valence-corrected chi connectivity index (χ0v) is 16.9. The van der Waals surface area contributed by atoms with Crippen molar-refractivity contribution in [1.82, 2.24) is 15.2 Å². The molecule has 1 aliphatic heterocycles. The van der Waals surface area contributed by atoms with Gasteiger partial charge in [-0.25, -0.2) is 0 Å². The molecular formula is C17H27IN4O2. The van der Waals surface area contributed by atoms with Crippen LogP contribution in [0.5, 0.6) is 0 Å². The Morgan fingerprint density at radius 3 is 2.75 bits per heavy atom. The molecule has 0 amide bonds. The Labute approximate surface area is 161 Å². The molecule has 1 aromatic heterocycles. The van der Waals surface area contributed by atoms with Gasteiger partial charge in [0.25, 0.3) is 0 Å². The minimum Gasteiger partial charge on any atom is -0.466 e. The minimum absolute atomic E-state index is 0. The van der Waals surface area contributed by atoms with Crippen molar-refractivity contribution in [3.05, 3.63) is 29.6 Å². The molecule has 1 aromatic rings. The molecule has 0 bridgehead atoms. The molecule has 0 aromatic carbocycles. The third kappa shape index (κ3) is 5.61. The van der Waals surface area contributed by atoms with Crippen molar-refractivity contribution in [3.63, 3.8) is 0 Å². The van der Waals surface area contributed by atoms with Crippen LogP contribution in [0.3, 0.4) is 0 Å². The standard InChI is InChI=1S/C17H26N4O2.HI/c1-4-23-16(22)14-7-10-21(11-8-14)17(18-3)20-12-15-13(2)6-5-9-19-15;/h5-6,9,14H,4,7-8,10-12H2,1-3H3,(H,18,20);1H. The first-order chi connectivity index (χ1) is 11.2. The maximum absolute atomic E-state index is 11.8.